The normalized spacial score (nSPS) is 11.5. The number of aromatic nitrogens is 2. The van der Waals surface area contributed by atoms with Crippen molar-refractivity contribution in [1.82, 2.24) is 9.55 Å². The summed E-state index contributed by atoms with van der Waals surface area (Å²) in [7, 11) is 0. The lowest BCUT2D eigenvalue weighted by molar-refractivity contribution is -0.137. The summed E-state index contributed by atoms with van der Waals surface area (Å²) in [4.78, 5) is 15.6. The predicted molar refractivity (Wildman–Crippen MR) is 106 cm³/mol. The minimum Gasteiger partial charge on any atom is -0.473 e. The van der Waals surface area contributed by atoms with Crippen molar-refractivity contribution < 1.29 is 31.4 Å². The van der Waals surface area contributed by atoms with E-state index in [1.165, 1.54) is 10.6 Å². The smallest absolute Gasteiger partial charge is 0.417 e. The fourth-order valence-corrected chi connectivity index (χ4v) is 3.13. The van der Waals surface area contributed by atoms with E-state index in [0.29, 0.717) is 18.3 Å². The lowest BCUT2D eigenvalue weighted by Crippen LogP contribution is -2.24. The number of ether oxygens (including phenoxy) is 2. The Kier molecular flexibility index (Phi) is 6.73. The molecule has 0 aliphatic rings. The van der Waals surface area contributed by atoms with Crippen molar-refractivity contribution in [2.75, 3.05) is 0 Å². The van der Waals surface area contributed by atoms with Crippen LogP contribution in [0.25, 0.3) is 0 Å². The summed E-state index contributed by atoms with van der Waals surface area (Å²) in [5, 5.41) is -0.575. The van der Waals surface area contributed by atoms with Crippen LogP contribution < -0.4 is 15.2 Å². The lowest BCUT2D eigenvalue weighted by atomic mass is 10.2. The van der Waals surface area contributed by atoms with E-state index in [-0.39, 0.29) is 18.1 Å². The quantitative estimate of drug-likeness (QED) is 0.418. The van der Waals surface area contributed by atoms with Gasteiger partial charge in [0.05, 0.1) is 10.6 Å². The van der Waals surface area contributed by atoms with Crippen molar-refractivity contribution in [2.45, 2.75) is 33.2 Å². The van der Waals surface area contributed by atoms with Gasteiger partial charge in [0.2, 0.25) is 5.88 Å². The molecule has 0 atom stereocenters. The van der Waals surface area contributed by atoms with Crippen molar-refractivity contribution in [3.05, 3.63) is 80.4 Å². The zero-order valence-corrected chi connectivity index (χ0v) is 17.5. The molecule has 0 saturated carbocycles. The number of hydrogen-bond acceptors (Lipinski definition) is 4. The van der Waals surface area contributed by atoms with Crippen LogP contribution in [0.1, 0.15) is 23.7 Å². The van der Waals surface area contributed by atoms with E-state index in [0.717, 1.165) is 24.3 Å². The third-order valence-corrected chi connectivity index (χ3v) is 4.75. The second kappa shape index (κ2) is 9.15. The van der Waals surface area contributed by atoms with Gasteiger partial charge in [0, 0.05) is 18.3 Å². The molecule has 3 rings (SSSR count). The molecular formula is C21H16ClF5N2O3. The van der Waals surface area contributed by atoms with Crippen LogP contribution in [0.4, 0.5) is 22.0 Å². The Balaban J connectivity index is 1.80. The highest BCUT2D eigenvalue weighted by atomic mass is 35.5. The van der Waals surface area contributed by atoms with E-state index in [4.69, 9.17) is 21.1 Å². The van der Waals surface area contributed by atoms with E-state index < -0.39 is 45.6 Å². The topological polar surface area (TPSA) is 53.4 Å². The van der Waals surface area contributed by atoms with Gasteiger partial charge >= 0.3 is 11.9 Å². The van der Waals surface area contributed by atoms with E-state index >= 15 is 0 Å². The number of rotatable bonds is 6. The Morgan fingerprint density at radius 3 is 2.31 bits per heavy atom. The molecule has 0 spiro atoms. The molecule has 11 heteroatoms. The number of alkyl halides is 3. The highest BCUT2D eigenvalue weighted by Crippen LogP contribution is 2.38. The Labute approximate surface area is 184 Å². The first-order chi connectivity index (χ1) is 15.0. The molecule has 0 N–H and O–H groups in total. The van der Waals surface area contributed by atoms with Crippen LogP contribution in [0.3, 0.4) is 0 Å². The molecule has 1 heterocycles. The number of benzene rings is 2. The van der Waals surface area contributed by atoms with E-state index in [1.807, 2.05) is 0 Å². The molecule has 0 saturated heterocycles. The first-order valence-electron chi connectivity index (χ1n) is 9.23. The summed E-state index contributed by atoms with van der Waals surface area (Å²) < 4.78 is 79.5. The van der Waals surface area contributed by atoms with Crippen molar-refractivity contribution >= 4 is 11.6 Å². The van der Waals surface area contributed by atoms with Gasteiger partial charge in [-0.3, -0.25) is 4.57 Å². The Hall–Kier alpha value is -3.14. The molecule has 1 aromatic heterocycles. The first-order valence-corrected chi connectivity index (χ1v) is 9.61. The van der Waals surface area contributed by atoms with Gasteiger partial charge in [-0.15, -0.1) is 0 Å². The van der Waals surface area contributed by atoms with Gasteiger partial charge in [-0.2, -0.15) is 18.2 Å². The van der Waals surface area contributed by atoms with Gasteiger partial charge in [-0.05, 0) is 49.7 Å². The molecular weight excluding hydrogens is 459 g/mol. The first kappa shape index (κ1) is 23.5. The fraction of sp³-hybridized carbons (Fsp3) is 0.238. The van der Waals surface area contributed by atoms with Crippen LogP contribution in [0.5, 0.6) is 17.4 Å². The monoisotopic (exact) mass is 474 g/mol. The largest absolute Gasteiger partial charge is 0.473 e. The van der Waals surface area contributed by atoms with Crippen molar-refractivity contribution in [2.24, 2.45) is 0 Å². The number of nitrogens with zero attached hydrogens (tertiary/aromatic N) is 2. The second-order valence-corrected chi connectivity index (χ2v) is 7.09. The third-order valence-electron chi connectivity index (χ3n) is 4.42. The van der Waals surface area contributed by atoms with E-state index in [2.05, 4.69) is 4.98 Å². The van der Waals surface area contributed by atoms with Gasteiger partial charge in [-0.1, -0.05) is 11.6 Å². The van der Waals surface area contributed by atoms with Crippen LogP contribution in [0.2, 0.25) is 5.02 Å². The summed E-state index contributed by atoms with van der Waals surface area (Å²) in [6, 6.07) is 5.83. The average molecular weight is 475 g/mol. The maximum Gasteiger partial charge on any atom is 0.417 e. The molecule has 170 valence electrons. The van der Waals surface area contributed by atoms with Crippen molar-refractivity contribution in [3.8, 4) is 17.4 Å². The minimum absolute atomic E-state index is 0.0146. The van der Waals surface area contributed by atoms with E-state index in [9.17, 15) is 26.7 Å². The Bertz CT molecular complexity index is 1190. The Morgan fingerprint density at radius 1 is 1.09 bits per heavy atom. The molecule has 0 radical (unpaired) electrons. The zero-order chi connectivity index (χ0) is 23.6. The molecule has 0 fully saturated rings. The number of aryl methyl sites for hydroxylation is 1. The molecule has 0 aliphatic heterocycles. The highest BCUT2D eigenvalue weighted by molar-refractivity contribution is 6.31. The van der Waals surface area contributed by atoms with Crippen LogP contribution in [-0.4, -0.2) is 9.55 Å². The van der Waals surface area contributed by atoms with Crippen molar-refractivity contribution in [3.63, 3.8) is 0 Å². The summed E-state index contributed by atoms with van der Waals surface area (Å²) in [5.74, 6) is -3.65. The Morgan fingerprint density at radius 2 is 1.75 bits per heavy atom. The van der Waals surface area contributed by atoms with Gasteiger partial charge in [0.25, 0.3) is 0 Å². The molecule has 2 aromatic carbocycles. The second-order valence-electron chi connectivity index (χ2n) is 6.68. The summed E-state index contributed by atoms with van der Waals surface area (Å²) >= 11 is 5.53. The molecule has 5 nitrogen and oxygen atoms in total. The molecule has 0 amide bonds. The van der Waals surface area contributed by atoms with Crippen LogP contribution in [-0.2, 0) is 19.3 Å². The standard InChI is InChI=1S/C21H16ClF5N2O3/c1-3-29-11(2)6-18(28-20(29)30)31-10-12-7-16(23)19(17(24)8-12)32-13-4-5-15(22)14(9-13)21(25,26)27/h4-9H,3,10H2,1-2H3. The molecule has 0 bridgehead atoms. The van der Waals surface area contributed by atoms with Gasteiger partial charge < -0.3 is 9.47 Å². The summed E-state index contributed by atoms with van der Waals surface area (Å²) in [6.07, 6.45) is -4.76. The van der Waals surface area contributed by atoms with E-state index in [1.54, 1.807) is 13.8 Å². The maximum absolute atomic E-state index is 14.4. The maximum atomic E-state index is 14.4. The molecule has 3 aromatic rings. The number of hydrogen-bond donors (Lipinski definition) is 0. The lowest BCUT2D eigenvalue weighted by Gasteiger charge is -2.13. The van der Waals surface area contributed by atoms with Gasteiger partial charge in [0.15, 0.2) is 17.4 Å². The fourth-order valence-electron chi connectivity index (χ4n) is 2.91. The van der Waals surface area contributed by atoms with Crippen LogP contribution in [0, 0.1) is 18.6 Å². The minimum atomic E-state index is -4.76. The molecule has 0 aliphatic carbocycles. The average Bonchev–Trinajstić information content (AvgIpc) is 2.69. The highest BCUT2D eigenvalue weighted by Gasteiger charge is 2.33. The van der Waals surface area contributed by atoms with Gasteiger partial charge in [0.1, 0.15) is 12.4 Å². The summed E-state index contributed by atoms with van der Waals surface area (Å²) in [5.41, 5.74) is -1.07. The summed E-state index contributed by atoms with van der Waals surface area (Å²) in [6.45, 7) is 3.58. The van der Waals surface area contributed by atoms with Crippen LogP contribution in [0.15, 0.2) is 41.2 Å². The zero-order valence-electron chi connectivity index (χ0n) is 16.8. The predicted octanol–water partition coefficient (Wildman–Crippen LogP) is 5.89. The molecule has 0 unspecified atom stereocenters. The molecule has 32 heavy (non-hydrogen) atoms. The number of halogens is 6. The SMILES string of the molecule is CCn1c(C)cc(OCc2cc(F)c(Oc3ccc(Cl)c(C(F)(F)F)c3)c(F)c2)nc1=O. The van der Waals surface area contributed by atoms with Gasteiger partial charge in [-0.25, -0.2) is 13.6 Å². The third kappa shape index (κ3) is 5.18. The van der Waals surface area contributed by atoms with Crippen LogP contribution >= 0.6 is 11.6 Å². The van der Waals surface area contributed by atoms with Crippen molar-refractivity contribution in [1.29, 1.82) is 0 Å².